The summed E-state index contributed by atoms with van der Waals surface area (Å²) in [6.45, 7) is 4.54. The van der Waals surface area contributed by atoms with Gasteiger partial charge in [-0.15, -0.1) is 0 Å². The van der Waals surface area contributed by atoms with E-state index in [1.165, 1.54) is 0 Å². The van der Waals surface area contributed by atoms with Crippen LogP contribution in [-0.2, 0) is 4.74 Å². The van der Waals surface area contributed by atoms with E-state index in [2.05, 4.69) is 13.3 Å². The van der Waals surface area contributed by atoms with Crippen molar-refractivity contribution in [2.75, 3.05) is 6.61 Å². The van der Waals surface area contributed by atoms with Gasteiger partial charge in [0, 0.05) is 6.04 Å². The SMILES string of the molecule is C[C@H]1[CH]C(N)[CH]OC1. The second-order valence-corrected chi connectivity index (χ2v) is 2.22. The van der Waals surface area contributed by atoms with Gasteiger partial charge in [0.15, 0.2) is 0 Å². The Hall–Kier alpha value is -0.0800. The topological polar surface area (TPSA) is 35.2 Å². The summed E-state index contributed by atoms with van der Waals surface area (Å²) in [6.07, 6.45) is 2.07. The van der Waals surface area contributed by atoms with Crippen molar-refractivity contribution >= 4 is 0 Å². The van der Waals surface area contributed by atoms with E-state index in [1.807, 2.05) is 0 Å². The van der Waals surface area contributed by atoms with Crippen molar-refractivity contribution in [3.05, 3.63) is 13.0 Å². The summed E-state index contributed by atoms with van der Waals surface area (Å²) in [7, 11) is 0. The lowest BCUT2D eigenvalue weighted by atomic mass is 10.0. The molecule has 0 aromatic carbocycles. The Morgan fingerprint density at radius 1 is 1.75 bits per heavy atom. The van der Waals surface area contributed by atoms with Crippen molar-refractivity contribution in [2.24, 2.45) is 11.7 Å². The standard InChI is InChI=1S/C6H11NO/c1-5-2-6(7)4-8-3-5/h2,4-6H,3,7H2,1H3/t5-,6?/m0/s1. The highest BCUT2D eigenvalue weighted by molar-refractivity contribution is 4.93. The van der Waals surface area contributed by atoms with Crippen molar-refractivity contribution in [3.8, 4) is 0 Å². The van der Waals surface area contributed by atoms with E-state index in [0.717, 1.165) is 6.61 Å². The third-order valence-electron chi connectivity index (χ3n) is 1.16. The molecule has 1 rings (SSSR count). The Bertz CT molecular complexity index is 66.9. The second-order valence-electron chi connectivity index (χ2n) is 2.22. The lowest BCUT2D eigenvalue weighted by molar-refractivity contribution is 0.131. The predicted octanol–water partition coefficient (Wildman–Crippen LogP) is 0.346. The molecule has 0 aliphatic carbocycles. The summed E-state index contributed by atoms with van der Waals surface area (Å²) in [6, 6.07) is 0.0405. The van der Waals surface area contributed by atoms with Crippen molar-refractivity contribution in [2.45, 2.75) is 13.0 Å². The van der Waals surface area contributed by atoms with E-state index >= 15 is 0 Å². The van der Waals surface area contributed by atoms with Crippen LogP contribution in [0.15, 0.2) is 0 Å². The fraction of sp³-hybridized carbons (Fsp3) is 0.667. The van der Waals surface area contributed by atoms with Crippen molar-refractivity contribution in [3.63, 3.8) is 0 Å². The van der Waals surface area contributed by atoms with Gasteiger partial charge in [-0.05, 0) is 12.3 Å². The maximum absolute atomic E-state index is 5.49. The van der Waals surface area contributed by atoms with Gasteiger partial charge < -0.3 is 10.5 Å². The van der Waals surface area contributed by atoms with Crippen molar-refractivity contribution in [1.82, 2.24) is 0 Å². The van der Waals surface area contributed by atoms with Gasteiger partial charge in [0.2, 0.25) is 0 Å². The molecule has 46 valence electrons. The summed E-state index contributed by atoms with van der Waals surface area (Å²) in [5, 5.41) is 0. The largest absolute Gasteiger partial charge is 0.374 e. The quantitative estimate of drug-likeness (QED) is 0.492. The molecule has 2 atom stereocenters. The van der Waals surface area contributed by atoms with E-state index in [0.29, 0.717) is 5.92 Å². The molecule has 0 amide bonds. The molecule has 2 radical (unpaired) electrons. The number of nitrogens with two attached hydrogens (primary N) is 1. The molecule has 1 fully saturated rings. The molecule has 0 bridgehead atoms. The number of hydrogen-bond acceptors (Lipinski definition) is 2. The second kappa shape index (κ2) is 2.46. The molecule has 2 nitrogen and oxygen atoms in total. The summed E-state index contributed by atoms with van der Waals surface area (Å²) in [5.41, 5.74) is 5.49. The molecule has 8 heavy (non-hydrogen) atoms. The van der Waals surface area contributed by atoms with Crippen LogP contribution >= 0.6 is 0 Å². The normalized spacial score (nSPS) is 39.8. The van der Waals surface area contributed by atoms with Gasteiger partial charge in [0.1, 0.15) is 6.61 Å². The first-order valence-electron chi connectivity index (χ1n) is 2.84. The summed E-state index contributed by atoms with van der Waals surface area (Å²) in [5.74, 6) is 0.509. The molecule has 2 heteroatoms. The first-order valence-corrected chi connectivity index (χ1v) is 2.84. The first kappa shape index (κ1) is 6.05. The highest BCUT2D eigenvalue weighted by Crippen LogP contribution is 2.12. The predicted molar refractivity (Wildman–Crippen MR) is 31.7 cm³/mol. The highest BCUT2D eigenvalue weighted by Gasteiger charge is 2.15. The van der Waals surface area contributed by atoms with Crippen molar-refractivity contribution < 1.29 is 4.74 Å². The minimum Gasteiger partial charge on any atom is -0.374 e. The van der Waals surface area contributed by atoms with Crippen LogP contribution in [-0.4, -0.2) is 12.6 Å². The Kier molecular flexibility index (Phi) is 1.86. The van der Waals surface area contributed by atoms with E-state index < -0.39 is 0 Å². The number of ether oxygens (including phenoxy) is 1. The van der Waals surface area contributed by atoms with Crippen LogP contribution in [0.4, 0.5) is 0 Å². The van der Waals surface area contributed by atoms with E-state index in [-0.39, 0.29) is 6.04 Å². The third-order valence-corrected chi connectivity index (χ3v) is 1.16. The third kappa shape index (κ3) is 1.46. The summed E-state index contributed by atoms with van der Waals surface area (Å²) < 4.78 is 5.01. The van der Waals surface area contributed by atoms with Gasteiger partial charge in [0.05, 0.1) is 6.61 Å². The highest BCUT2D eigenvalue weighted by atomic mass is 16.5. The average molecular weight is 113 g/mol. The summed E-state index contributed by atoms with van der Waals surface area (Å²) >= 11 is 0. The molecule has 0 aromatic heterocycles. The van der Waals surface area contributed by atoms with Crippen LogP contribution in [0.3, 0.4) is 0 Å². The lowest BCUT2D eigenvalue weighted by Crippen LogP contribution is -2.31. The van der Waals surface area contributed by atoms with Crippen LogP contribution in [0.25, 0.3) is 0 Å². The van der Waals surface area contributed by atoms with Crippen LogP contribution < -0.4 is 5.73 Å². The van der Waals surface area contributed by atoms with Crippen molar-refractivity contribution in [1.29, 1.82) is 0 Å². The van der Waals surface area contributed by atoms with Gasteiger partial charge in [-0.25, -0.2) is 0 Å². The van der Waals surface area contributed by atoms with Gasteiger partial charge >= 0.3 is 0 Å². The molecule has 1 aliphatic heterocycles. The Morgan fingerprint density at radius 2 is 2.50 bits per heavy atom. The zero-order chi connectivity index (χ0) is 5.98. The number of rotatable bonds is 0. The fourth-order valence-corrected chi connectivity index (χ4v) is 0.799. The zero-order valence-electron chi connectivity index (χ0n) is 5.00. The molecule has 2 N–H and O–H groups in total. The molecule has 0 spiro atoms. The maximum atomic E-state index is 5.49. The monoisotopic (exact) mass is 113 g/mol. The van der Waals surface area contributed by atoms with Gasteiger partial charge in [-0.2, -0.15) is 0 Å². The molecule has 1 aliphatic rings. The molecule has 1 saturated heterocycles. The van der Waals surface area contributed by atoms with Crippen LogP contribution in [0, 0.1) is 18.9 Å². The van der Waals surface area contributed by atoms with Crippen LogP contribution in [0.2, 0.25) is 0 Å². The fourth-order valence-electron chi connectivity index (χ4n) is 0.799. The minimum absolute atomic E-state index is 0.0405. The van der Waals surface area contributed by atoms with Crippen LogP contribution in [0.5, 0.6) is 0 Å². The van der Waals surface area contributed by atoms with Gasteiger partial charge in [-0.1, -0.05) is 6.92 Å². The van der Waals surface area contributed by atoms with Gasteiger partial charge in [0.25, 0.3) is 0 Å². The Labute approximate surface area is 50.0 Å². The summed E-state index contributed by atoms with van der Waals surface area (Å²) in [4.78, 5) is 0. The molecule has 1 heterocycles. The zero-order valence-corrected chi connectivity index (χ0v) is 5.00. The minimum atomic E-state index is 0.0405. The van der Waals surface area contributed by atoms with E-state index in [4.69, 9.17) is 10.5 Å². The Morgan fingerprint density at radius 3 is 2.88 bits per heavy atom. The average Bonchev–Trinajstić information content (AvgIpc) is 1.64. The molecule has 0 saturated carbocycles. The Balaban J connectivity index is 2.23. The first-order chi connectivity index (χ1) is 3.79. The molecular weight excluding hydrogens is 102 g/mol. The smallest absolute Gasteiger partial charge is 0.100 e. The van der Waals surface area contributed by atoms with Crippen LogP contribution in [0.1, 0.15) is 6.92 Å². The maximum Gasteiger partial charge on any atom is 0.100 e. The van der Waals surface area contributed by atoms with Gasteiger partial charge in [-0.3, -0.25) is 0 Å². The van der Waals surface area contributed by atoms with E-state index in [9.17, 15) is 0 Å². The molecular formula is C6H11NO. The lowest BCUT2D eigenvalue weighted by Gasteiger charge is -2.22. The molecule has 0 aromatic rings. The number of hydrogen-bond donors (Lipinski definition) is 1. The van der Waals surface area contributed by atoms with E-state index in [1.54, 1.807) is 6.61 Å². The molecule has 1 unspecified atom stereocenters.